The van der Waals surface area contributed by atoms with Crippen LogP contribution in [-0.2, 0) is 4.74 Å². The van der Waals surface area contributed by atoms with Gasteiger partial charge in [0.2, 0.25) is 0 Å². The maximum atomic E-state index is 6.39. The van der Waals surface area contributed by atoms with Crippen molar-refractivity contribution in [2.75, 3.05) is 7.11 Å². The van der Waals surface area contributed by atoms with Gasteiger partial charge in [-0.2, -0.15) is 0 Å². The van der Waals surface area contributed by atoms with E-state index >= 15 is 0 Å². The predicted molar refractivity (Wildman–Crippen MR) is 69.3 cm³/mol. The number of hydrogen-bond acceptors (Lipinski definition) is 2. The lowest BCUT2D eigenvalue weighted by Crippen LogP contribution is -2.45. The van der Waals surface area contributed by atoms with Gasteiger partial charge in [-0.1, -0.05) is 27.2 Å². The van der Waals surface area contributed by atoms with Crippen molar-refractivity contribution < 1.29 is 4.74 Å². The molecule has 0 aliphatic heterocycles. The van der Waals surface area contributed by atoms with Gasteiger partial charge in [0.15, 0.2) is 0 Å². The summed E-state index contributed by atoms with van der Waals surface area (Å²) >= 11 is 0. The number of methoxy groups -OCH3 is 1. The zero-order valence-electron chi connectivity index (χ0n) is 11.4. The molecule has 0 saturated heterocycles. The van der Waals surface area contributed by atoms with Crippen LogP contribution in [0.5, 0.6) is 0 Å². The maximum Gasteiger partial charge on any atom is 0.0724 e. The van der Waals surface area contributed by atoms with Crippen LogP contribution in [0.1, 0.15) is 52.9 Å². The van der Waals surface area contributed by atoms with Gasteiger partial charge in [0, 0.05) is 13.2 Å². The molecule has 1 aliphatic carbocycles. The first-order chi connectivity index (χ1) is 7.58. The first kappa shape index (κ1) is 14.0. The van der Waals surface area contributed by atoms with Gasteiger partial charge in [0.05, 0.1) is 6.10 Å². The molecule has 1 saturated carbocycles. The van der Waals surface area contributed by atoms with Crippen LogP contribution in [-0.4, -0.2) is 19.3 Å². The fraction of sp³-hybridized carbons (Fsp3) is 1.00. The zero-order chi connectivity index (χ0) is 12.1. The van der Waals surface area contributed by atoms with Gasteiger partial charge in [-0.15, -0.1) is 0 Å². The van der Waals surface area contributed by atoms with Crippen LogP contribution < -0.4 is 5.73 Å². The number of ether oxygens (including phenoxy) is 1. The van der Waals surface area contributed by atoms with Crippen molar-refractivity contribution in [3.8, 4) is 0 Å². The lowest BCUT2D eigenvalue weighted by atomic mass is 9.72. The molecule has 0 spiro atoms. The molecule has 0 amide bonds. The van der Waals surface area contributed by atoms with E-state index in [2.05, 4.69) is 20.8 Å². The Morgan fingerprint density at radius 3 is 2.19 bits per heavy atom. The second-order valence-electron chi connectivity index (χ2n) is 5.82. The van der Waals surface area contributed by atoms with Crippen LogP contribution in [0.15, 0.2) is 0 Å². The van der Waals surface area contributed by atoms with Crippen LogP contribution >= 0.6 is 0 Å². The molecule has 96 valence electrons. The van der Waals surface area contributed by atoms with Crippen molar-refractivity contribution in [3.63, 3.8) is 0 Å². The summed E-state index contributed by atoms with van der Waals surface area (Å²) in [6, 6.07) is 0.232. The minimum atomic E-state index is 0.232. The normalized spacial score (nSPS) is 34.7. The lowest BCUT2D eigenvalue weighted by molar-refractivity contribution is 0.0371. The van der Waals surface area contributed by atoms with E-state index < -0.39 is 0 Å². The highest BCUT2D eigenvalue weighted by molar-refractivity contribution is 4.86. The number of rotatable bonds is 5. The minimum Gasteiger partial charge on any atom is -0.380 e. The van der Waals surface area contributed by atoms with Crippen LogP contribution in [0, 0.1) is 17.8 Å². The first-order valence-electron chi connectivity index (χ1n) is 6.86. The van der Waals surface area contributed by atoms with Gasteiger partial charge in [-0.25, -0.2) is 0 Å². The number of hydrogen-bond donors (Lipinski definition) is 1. The van der Waals surface area contributed by atoms with Gasteiger partial charge in [0.1, 0.15) is 0 Å². The first-order valence-corrected chi connectivity index (χ1v) is 6.86. The zero-order valence-corrected chi connectivity index (χ0v) is 11.4. The summed E-state index contributed by atoms with van der Waals surface area (Å²) in [5, 5.41) is 0. The van der Waals surface area contributed by atoms with Crippen molar-refractivity contribution in [1.29, 1.82) is 0 Å². The third-order valence-electron chi connectivity index (χ3n) is 4.06. The van der Waals surface area contributed by atoms with E-state index in [4.69, 9.17) is 10.5 Å². The molecule has 1 aliphatic rings. The molecule has 2 N–H and O–H groups in total. The van der Waals surface area contributed by atoms with Crippen LogP contribution in [0.3, 0.4) is 0 Å². The molecule has 1 fully saturated rings. The summed E-state index contributed by atoms with van der Waals surface area (Å²) < 4.78 is 5.55. The molecule has 2 nitrogen and oxygen atoms in total. The van der Waals surface area contributed by atoms with Crippen LogP contribution in [0.4, 0.5) is 0 Å². The van der Waals surface area contributed by atoms with Gasteiger partial charge in [-0.3, -0.25) is 0 Å². The van der Waals surface area contributed by atoms with Crippen molar-refractivity contribution in [1.82, 2.24) is 0 Å². The van der Waals surface area contributed by atoms with E-state index in [0.29, 0.717) is 5.92 Å². The summed E-state index contributed by atoms with van der Waals surface area (Å²) in [6.45, 7) is 6.92. The Labute approximate surface area is 101 Å². The maximum absolute atomic E-state index is 6.39. The topological polar surface area (TPSA) is 35.2 Å². The minimum absolute atomic E-state index is 0.232. The molecule has 0 radical (unpaired) electrons. The highest BCUT2D eigenvalue weighted by Crippen LogP contribution is 2.35. The lowest BCUT2D eigenvalue weighted by Gasteiger charge is -2.37. The third kappa shape index (κ3) is 3.74. The van der Waals surface area contributed by atoms with E-state index in [1.165, 1.54) is 19.3 Å². The predicted octanol–water partition coefficient (Wildman–Crippen LogP) is 3.20. The largest absolute Gasteiger partial charge is 0.380 e. The summed E-state index contributed by atoms with van der Waals surface area (Å²) in [5.74, 6) is 2.33. The van der Waals surface area contributed by atoms with Crippen molar-refractivity contribution in [2.24, 2.45) is 23.5 Å². The van der Waals surface area contributed by atoms with Crippen molar-refractivity contribution >= 4 is 0 Å². The van der Waals surface area contributed by atoms with Crippen LogP contribution in [0.25, 0.3) is 0 Å². The molecule has 0 aromatic heterocycles. The summed E-state index contributed by atoms with van der Waals surface area (Å²) in [6.07, 6.45) is 6.45. The quantitative estimate of drug-likeness (QED) is 0.783. The van der Waals surface area contributed by atoms with E-state index in [9.17, 15) is 0 Å². The SMILES string of the molecule is CCCC(OC)C(N)C1CC(C)CC(C)C1. The molecular formula is C14H29NO. The average molecular weight is 227 g/mol. The molecule has 16 heavy (non-hydrogen) atoms. The Balaban J connectivity index is 2.53. The fourth-order valence-electron chi connectivity index (χ4n) is 3.38. The van der Waals surface area contributed by atoms with E-state index in [1.54, 1.807) is 7.11 Å². The highest BCUT2D eigenvalue weighted by Gasteiger charge is 2.31. The monoisotopic (exact) mass is 227 g/mol. The number of nitrogens with two attached hydrogens (primary N) is 1. The molecule has 4 atom stereocenters. The molecule has 0 heterocycles. The summed E-state index contributed by atoms with van der Waals surface area (Å²) in [5.41, 5.74) is 6.39. The second-order valence-corrected chi connectivity index (χ2v) is 5.82. The molecule has 0 aromatic carbocycles. The van der Waals surface area contributed by atoms with E-state index in [1.807, 2.05) is 0 Å². The highest BCUT2D eigenvalue weighted by atomic mass is 16.5. The Bertz CT molecular complexity index is 185. The molecule has 0 aromatic rings. The van der Waals surface area contributed by atoms with Gasteiger partial charge in [0.25, 0.3) is 0 Å². The summed E-state index contributed by atoms with van der Waals surface area (Å²) in [4.78, 5) is 0. The summed E-state index contributed by atoms with van der Waals surface area (Å²) in [7, 11) is 1.80. The second kappa shape index (κ2) is 6.61. The Kier molecular flexibility index (Phi) is 5.77. The fourth-order valence-corrected chi connectivity index (χ4v) is 3.38. The van der Waals surface area contributed by atoms with E-state index in [0.717, 1.165) is 24.7 Å². The molecule has 2 heteroatoms. The Hall–Kier alpha value is -0.0800. The molecular weight excluding hydrogens is 198 g/mol. The third-order valence-corrected chi connectivity index (χ3v) is 4.06. The van der Waals surface area contributed by atoms with Gasteiger partial charge >= 0.3 is 0 Å². The average Bonchev–Trinajstić information content (AvgIpc) is 2.23. The smallest absolute Gasteiger partial charge is 0.0724 e. The van der Waals surface area contributed by atoms with Gasteiger partial charge < -0.3 is 10.5 Å². The molecule has 0 bridgehead atoms. The Morgan fingerprint density at radius 2 is 1.75 bits per heavy atom. The van der Waals surface area contributed by atoms with E-state index in [-0.39, 0.29) is 12.1 Å². The standard InChI is InChI=1S/C14H29NO/c1-5-6-13(16-4)14(15)12-8-10(2)7-11(3)9-12/h10-14H,5-9,15H2,1-4H3. The molecule has 4 unspecified atom stereocenters. The molecule has 1 rings (SSSR count). The van der Waals surface area contributed by atoms with Crippen molar-refractivity contribution in [2.45, 2.75) is 65.0 Å². The van der Waals surface area contributed by atoms with Gasteiger partial charge in [-0.05, 0) is 43.4 Å². The van der Waals surface area contributed by atoms with Crippen molar-refractivity contribution in [3.05, 3.63) is 0 Å². The Morgan fingerprint density at radius 1 is 1.19 bits per heavy atom. The van der Waals surface area contributed by atoms with Crippen LogP contribution in [0.2, 0.25) is 0 Å².